The summed E-state index contributed by atoms with van der Waals surface area (Å²) in [6, 6.07) is 19.0. The normalized spacial score (nSPS) is 14.0. The van der Waals surface area contributed by atoms with Crippen LogP contribution < -0.4 is 5.73 Å². The van der Waals surface area contributed by atoms with E-state index in [1.165, 1.54) is 0 Å². The molecule has 0 saturated carbocycles. The van der Waals surface area contributed by atoms with Crippen molar-refractivity contribution in [3.8, 4) is 0 Å². The van der Waals surface area contributed by atoms with E-state index < -0.39 is 12.1 Å². The second kappa shape index (κ2) is 7.04. The first-order valence-electron chi connectivity index (χ1n) is 6.37. The lowest BCUT2D eigenvalue weighted by atomic mass is 10.0. The fourth-order valence-corrected chi connectivity index (χ4v) is 1.87. The predicted octanol–water partition coefficient (Wildman–Crippen LogP) is 2.26. The molecule has 0 bridgehead atoms. The molecular formula is C16H19NO2. The molecule has 0 radical (unpaired) electrons. The number of hydrogen-bond donors (Lipinski definition) is 2. The molecule has 0 saturated heterocycles. The largest absolute Gasteiger partial charge is 0.389 e. The number of aliphatic hydroxyl groups is 1. The average molecular weight is 257 g/mol. The smallest absolute Gasteiger partial charge is 0.0965 e. The number of aliphatic hydroxyl groups excluding tert-OH is 1. The van der Waals surface area contributed by atoms with Crippen LogP contribution in [0.3, 0.4) is 0 Å². The van der Waals surface area contributed by atoms with Crippen molar-refractivity contribution in [2.75, 3.05) is 6.61 Å². The van der Waals surface area contributed by atoms with Gasteiger partial charge in [0.1, 0.15) is 0 Å². The predicted molar refractivity (Wildman–Crippen MR) is 75.5 cm³/mol. The highest BCUT2D eigenvalue weighted by molar-refractivity contribution is 5.19. The van der Waals surface area contributed by atoms with Crippen LogP contribution in [0.4, 0.5) is 0 Å². The van der Waals surface area contributed by atoms with Gasteiger partial charge in [-0.3, -0.25) is 0 Å². The quantitative estimate of drug-likeness (QED) is 0.834. The van der Waals surface area contributed by atoms with Gasteiger partial charge in [0.15, 0.2) is 0 Å². The van der Waals surface area contributed by atoms with Gasteiger partial charge in [0, 0.05) is 0 Å². The van der Waals surface area contributed by atoms with E-state index >= 15 is 0 Å². The van der Waals surface area contributed by atoms with E-state index in [-0.39, 0.29) is 6.61 Å². The van der Waals surface area contributed by atoms with Crippen molar-refractivity contribution in [3.63, 3.8) is 0 Å². The van der Waals surface area contributed by atoms with Gasteiger partial charge in [-0.25, -0.2) is 0 Å². The van der Waals surface area contributed by atoms with Crippen LogP contribution in [-0.2, 0) is 11.3 Å². The van der Waals surface area contributed by atoms with E-state index in [4.69, 9.17) is 10.5 Å². The maximum absolute atomic E-state index is 10.00. The van der Waals surface area contributed by atoms with Crippen LogP contribution in [0.1, 0.15) is 17.2 Å². The Morgan fingerprint density at radius 3 is 2.16 bits per heavy atom. The highest BCUT2D eigenvalue weighted by Gasteiger charge is 2.16. The third-order valence-corrected chi connectivity index (χ3v) is 3.00. The van der Waals surface area contributed by atoms with Gasteiger partial charge in [-0.05, 0) is 11.1 Å². The second-order valence-electron chi connectivity index (χ2n) is 4.50. The van der Waals surface area contributed by atoms with Crippen LogP contribution in [0.2, 0.25) is 0 Å². The Kier molecular flexibility index (Phi) is 5.10. The first kappa shape index (κ1) is 13.7. The van der Waals surface area contributed by atoms with Crippen LogP contribution in [0.15, 0.2) is 60.7 Å². The molecular weight excluding hydrogens is 238 g/mol. The van der Waals surface area contributed by atoms with Crippen LogP contribution in [0, 0.1) is 0 Å². The van der Waals surface area contributed by atoms with Crippen LogP contribution >= 0.6 is 0 Å². The zero-order chi connectivity index (χ0) is 13.5. The molecule has 0 aliphatic carbocycles. The molecule has 3 nitrogen and oxygen atoms in total. The summed E-state index contributed by atoms with van der Waals surface area (Å²) in [7, 11) is 0. The Morgan fingerprint density at radius 2 is 1.53 bits per heavy atom. The van der Waals surface area contributed by atoms with E-state index in [0.29, 0.717) is 6.61 Å². The van der Waals surface area contributed by atoms with E-state index in [0.717, 1.165) is 11.1 Å². The van der Waals surface area contributed by atoms with E-state index in [2.05, 4.69) is 0 Å². The molecule has 0 amide bonds. The van der Waals surface area contributed by atoms with Gasteiger partial charge < -0.3 is 15.6 Å². The monoisotopic (exact) mass is 257 g/mol. The van der Waals surface area contributed by atoms with Crippen molar-refractivity contribution in [3.05, 3.63) is 71.8 Å². The molecule has 2 aromatic carbocycles. The van der Waals surface area contributed by atoms with Crippen molar-refractivity contribution < 1.29 is 9.84 Å². The molecule has 0 fully saturated rings. The molecule has 2 rings (SSSR count). The van der Waals surface area contributed by atoms with E-state index in [9.17, 15) is 5.11 Å². The first-order valence-corrected chi connectivity index (χ1v) is 6.37. The summed E-state index contributed by atoms with van der Waals surface area (Å²) in [6.07, 6.45) is -0.703. The molecule has 100 valence electrons. The number of nitrogens with two attached hydrogens (primary N) is 1. The molecule has 2 atom stereocenters. The fourth-order valence-electron chi connectivity index (χ4n) is 1.87. The summed E-state index contributed by atoms with van der Waals surface area (Å²) in [5.74, 6) is 0. The van der Waals surface area contributed by atoms with Gasteiger partial charge in [0.2, 0.25) is 0 Å². The summed E-state index contributed by atoms with van der Waals surface area (Å²) in [4.78, 5) is 0. The fraction of sp³-hybridized carbons (Fsp3) is 0.250. The standard InChI is InChI=1S/C16H19NO2/c17-16(14-9-5-2-6-10-14)15(18)12-19-11-13-7-3-1-4-8-13/h1-10,15-16,18H,11-12,17H2/t15-,16+/m0/s1. The van der Waals surface area contributed by atoms with Gasteiger partial charge in [0.25, 0.3) is 0 Å². The third-order valence-electron chi connectivity index (χ3n) is 3.00. The van der Waals surface area contributed by atoms with Crippen molar-refractivity contribution >= 4 is 0 Å². The lowest BCUT2D eigenvalue weighted by molar-refractivity contribution is 0.0156. The minimum Gasteiger partial charge on any atom is -0.389 e. The highest BCUT2D eigenvalue weighted by atomic mass is 16.5. The maximum atomic E-state index is 10.00. The van der Waals surface area contributed by atoms with Crippen LogP contribution in [0.25, 0.3) is 0 Å². The molecule has 0 aliphatic rings. The Labute approximate surface area is 113 Å². The summed E-state index contributed by atoms with van der Waals surface area (Å²) in [6.45, 7) is 0.713. The summed E-state index contributed by atoms with van der Waals surface area (Å²) >= 11 is 0. The van der Waals surface area contributed by atoms with Crippen molar-refractivity contribution in [1.82, 2.24) is 0 Å². The minimum atomic E-state index is -0.703. The molecule has 0 unspecified atom stereocenters. The SMILES string of the molecule is N[C@H](c1ccccc1)[C@@H](O)COCc1ccccc1. The van der Waals surface area contributed by atoms with E-state index in [1.54, 1.807) is 0 Å². The highest BCUT2D eigenvalue weighted by Crippen LogP contribution is 2.14. The maximum Gasteiger partial charge on any atom is 0.0965 e. The van der Waals surface area contributed by atoms with Crippen molar-refractivity contribution in [2.45, 2.75) is 18.8 Å². The zero-order valence-electron chi connectivity index (χ0n) is 10.8. The summed E-state index contributed by atoms with van der Waals surface area (Å²) in [5, 5.41) is 10.00. The van der Waals surface area contributed by atoms with Gasteiger partial charge >= 0.3 is 0 Å². The van der Waals surface area contributed by atoms with E-state index in [1.807, 2.05) is 60.7 Å². The molecule has 0 spiro atoms. The summed E-state index contributed by atoms with van der Waals surface area (Å²) < 4.78 is 5.49. The summed E-state index contributed by atoms with van der Waals surface area (Å²) in [5.41, 5.74) is 7.99. The van der Waals surface area contributed by atoms with Crippen LogP contribution in [0.5, 0.6) is 0 Å². The van der Waals surface area contributed by atoms with Gasteiger partial charge in [0.05, 0.1) is 25.4 Å². The zero-order valence-corrected chi connectivity index (χ0v) is 10.8. The van der Waals surface area contributed by atoms with Crippen LogP contribution in [-0.4, -0.2) is 17.8 Å². The van der Waals surface area contributed by atoms with Gasteiger partial charge in [-0.2, -0.15) is 0 Å². The Morgan fingerprint density at radius 1 is 0.947 bits per heavy atom. The molecule has 0 aromatic heterocycles. The van der Waals surface area contributed by atoms with Gasteiger partial charge in [-0.1, -0.05) is 60.7 Å². The Balaban J connectivity index is 1.80. The molecule has 2 aromatic rings. The number of rotatable bonds is 6. The lowest BCUT2D eigenvalue weighted by Gasteiger charge is -2.19. The Hall–Kier alpha value is -1.68. The second-order valence-corrected chi connectivity index (χ2v) is 4.50. The molecule has 19 heavy (non-hydrogen) atoms. The number of benzene rings is 2. The number of hydrogen-bond acceptors (Lipinski definition) is 3. The Bertz CT molecular complexity index is 473. The molecule has 3 N–H and O–H groups in total. The van der Waals surface area contributed by atoms with Crippen molar-refractivity contribution in [1.29, 1.82) is 0 Å². The third kappa shape index (κ3) is 4.17. The molecule has 0 heterocycles. The lowest BCUT2D eigenvalue weighted by Crippen LogP contribution is -2.30. The van der Waals surface area contributed by atoms with Crippen molar-refractivity contribution in [2.24, 2.45) is 5.73 Å². The first-order chi connectivity index (χ1) is 9.27. The molecule has 0 aliphatic heterocycles. The average Bonchev–Trinajstić information content (AvgIpc) is 2.48. The minimum absolute atomic E-state index is 0.227. The van der Waals surface area contributed by atoms with Gasteiger partial charge in [-0.15, -0.1) is 0 Å². The molecule has 3 heteroatoms. The number of ether oxygens (including phenoxy) is 1. The topological polar surface area (TPSA) is 55.5 Å².